The molecule has 0 aliphatic rings. The summed E-state index contributed by atoms with van der Waals surface area (Å²) in [6.45, 7) is 6.36. The highest BCUT2D eigenvalue weighted by molar-refractivity contribution is 9.10. The Balaban J connectivity index is 2.53. The highest BCUT2D eigenvalue weighted by Gasteiger charge is 2.18. The summed E-state index contributed by atoms with van der Waals surface area (Å²) in [7, 11) is 0. The smallest absolute Gasteiger partial charge is 0.173 e. The summed E-state index contributed by atoms with van der Waals surface area (Å²) in [6, 6.07) is 6.14. The molecule has 2 N–H and O–H groups in total. The van der Waals surface area contributed by atoms with Gasteiger partial charge in [-0.05, 0) is 31.4 Å². The Bertz CT molecular complexity index is 561. The van der Waals surface area contributed by atoms with Crippen molar-refractivity contribution in [3.05, 3.63) is 33.8 Å². The molecule has 1 heterocycles. The van der Waals surface area contributed by atoms with Gasteiger partial charge >= 0.3 is 0 Å². The lowest BCUT2D eigenvalue weighted by molar-refractivity contribution is 0.434. The third-order valence-corrected chi connectivity index (χ3v) is 3.49. The molecule has 4 heteroatoms. The molecule has 18 heavy (non-hydrogen) atoms. The number of anilines is 1. The minimum Gasteiger partial charge on any atom is -0.381 e. The zero-order valence-corrected chi connectivity index (χ0v) is 12.4. The van der Waals surface area contributed by atoms with Crippen LogP contribution in [0, 0.1) is 12.8 Å². The SMILES string of the molecule is Cc1ccc(Br)c(-c2onc(N)c2CC(C)C)c1. The number of aryl methyl sites for hydroxylation is 1. The molecule has 0 unspecified atom stereocenters. The number of hydrogen-bond donors (Lipinski definition) is 1. The average molecular weight is 309 g/mol. The molecule has 1 aromatic heterocycles. The maximum atomic E-state index is 5.89. The van der Waals surface area contributed by atoms with Crippen LogP contribution in [0.1, 0.15) is 25.0 Å². The third kappa shape index (κ3) is 2.58. The monoisotopic (exact) mass is 308 g/mol. The van der Waals surface area contributed by atoms with Crippen LogP contribution in [0.25, 0.3) is 11.3 Å². The van der Waals surface area contributed by atoms with Gasteiger partial charge in [-0.15, -0.1) is 0 Å². The molecule has 1 aromatic carbocycles. The highest BCUT2D eigenvalue weighted by atomic mass is 79.9. The molecular formula is C14H17BrN2O. The summed E-state index contributed by atoms with van der Waals surface area (Å²) >= 11 is 3.55. The van der Waals surface area contributed by atoms with Crippen molar-refractivity contribution in [2.24, 2.45) is 5.92 Å². The second-order valence-electron chi connectivity index (χ2n) is 4.96. The van der Waals surface area contributed by atoms with Crippen molar-refractivity contribution in [2.45, 2.75) is 27.2 Å². The van der Waals surface area contributed by atoms with E-state index in [1.165, 1.54) is 5.56 Å². The minimum atomic E-state index is 0.493. The van der Waals surface area contributed by atoms with E-state index in [9.17, 15) is 0 Å². The van der Waals surface area contributed by atoms with E-state index in [0.29, 0.717) is 11.7 Å². The average Bonchev–Trinajstić information content (AvgIpc) is 2.64. The summed E-state index contributed by atoms with van der Waals surface area (Å²) in [5.41, 5.74) is 9.08. The number of nitrogens with zero attached hydrogens (tertiary/aromatic N) is 1. The van der Waals surface area contributed by atoms with Gasteiger partial charge < -0.3 is 10.3 Å². The van der Waals surface area contributed by atoms with Crippen LogP contribution in [0.2, 0.25) is 0 Å². The quantitative estimate of drug-likeness (QED) is 0.924. The van der Waals surface area contributed by atoms with Crippen molar-refractivity contribution in [3.8, 4) is 11.3 Å². The number of hydrogen-bond acceptors (Lipinski definition) is 3. The van der Waals surface area contributed by atoms with Gasteiger partial charge in [0.2, 0.25) is 0 Å². The Morgan fingerprint density at radius 1 is 1.39 bits per heavy atom. The van der Waals surface area contributed by atoms with Crippen molar-refractivity contribution in [1.82, 2.24) is 5.16 Å². The maximum Gasteiger partial charge on any atom is 0.173 e. The summed E-state index contributed by atoms with van der Waals surface area (Å²) < 4.78 is 6.41. The third-order valence-electron chi connectivity index (χ3n) is 2.80. The van der Waals surface area contributed by atoms with E-state index >= 15 is 0 Å². The molecule has 0 radical (unpaired) electrons. The molecule has 0 aliphatic heterocycles. The van der Waals surface area contributed by atoms with Gasteiger partial charge in [-0.2, -0.15) is 0 Å². The van der Waals surface area contributed by atoms with E-state index < -0.39 is 0 Å². The largest absolute Gasteiger partial charge is 0.381 e. The fourth-order valence-corrected chi connectivity index (χ4v) is 2.38. The van der Waals surface area contributed by atoms with Gasteiger partial charge in [-0.1, -0.05) is 46.6 Å². The van der Waals surface area contributed by atoms with Crippen molar-refractivity contribution >= 4 is 21.7 Å². The predicted octanol–water partition coefficient (Wildman–Crippen LogP) is 4.19. The van der Waals surface area contributed by atoms with E-state index in [1.54, 1.807) is 0 Å². The topological polar surface area (TPSA) is 52.0 Å². The first-order chi connectivity index (χ1) is 8.49. The Morgan fingerprint density at radius 3 is 2.78 bits per heavy atom. The van der Waals surface area contributed by atoms with Gasteiger partial charge in [0.25, 0.3) is 0 Å². The first-order valence-corrected chi connectivity index (χ1v) is 6.79. The molecular weight excluding hydrogens is 292 g/mol. The summed E-state index contributed by atoms with van der Waals surface area (Å²) in [6.07, 6.45) is 0.866. The van der Waals surface area contributed by atoms with E-state index in [2.05, 4.69) is 54.0 Å². The van der Waals surface area contributed by atoms with Crippen molar-refractivity contribution in [3.63, 3.8) is 0 Å². The number of nitrogen functional groups attached to an aromatic ring is 1. The first kappa shape index (κ1) is 13.1. The number of aromatic nitrogens is 1. The summed E-state index contributed by atoms with van der Waals surface area (Å²) in [4.78, 5) is 0. The standard InChI is InChI=1S/C14H17BrN2O/c1-8(2)6-11-13(18-17-14(11)16)10-7-9(3)4-5-12(10)15/h4-5,7-8H,6H2,1-3H3,(H2,16,17). The van der Waals surface area contributed by atoms with Crippen LogP contribution in [0.4, 0.5) is 5.82 Å². The number of benzene rings is 1. The fraction of sp³-hybridized carbons (Fsp3) is 0.357. The normalized spacial score (nSPS) is 11.2. The molecule has 0 amide bonds. The highest BCUT2D eigenvalue weighted by Crippen LogP contribution is 2.35. The van der Waals surface area contributed by atoms with Gasteiger partial charge in [0.1, 0.15) is 0 Å². The van der Waals surface area contributed by atoms with E-state index in [0.717, 1.165) is 27.8 Å². The predicted molar refractivity (Wildman–Crippen MR) is 77.3 cm³/mol. The zero-order valence-electron chi connectivity index (χ0n) is 10.8. The lowest BCUT2D eigenvalue weighted by Gasteiger charge is -2.07. The molecule has 0 aliphatic carbocycles. The van der Waals surface area contributed by atoms with Crippen LogP contribution in [0.5, 0.6) is 0 Å². The zero-order chi connectivity index (χ0) is 13.3. The number of rotatable bonds is 3. The van der Waals surface area contributed by atoms with Crippen LogP contribution in [-0.2, 0) is 6.42 Å². The van der Waals surface area contributed by atoms with Crippen molar-refractivity contribution in [1.29, 1.82) is 0 Å². The van der Waals surface area contributed by atoms with Gasteiger partial charge in [0, 0.05) is 15.6 Å². The van der Waals surface area contributed by atoms with Crippen molar-refractivity contribution < 1.29 is 4.52 Å². The number of nitrogens with two attached hydrogens (primary N) is 1. The summed E-state index contributed by atoms with van der Waals surface area (Å²) in [5, 5.41) is 3.90. The van der Waals surface area contributed by atoms with E-state index in [4.69, 9.17) is 10.3 Å². The molecule has 96 valence electrons. The van der Waals surface area contributed by atoms with Crippen LogP contribution in [-0.4, -0.2) is 5.16 Å². The van der Waals surface area contributed by atoms with Gasteiger partial charge in [0.05, 0.1) is 0 Å². The Labute approximate surface area is 115 Å². The Kier molecular flexibility index (Phi) is 3.76. The van der Waals surface area contributed by atoms with Gasteiger partial charge in [0.15, 0.2) is 11.6 Å². The van der Waals surface area contributed by atoms with Crippen LogP contribution >= 0.6 is 15.9 Å². The number of halogens is 1. The maximum absolute atomic E-state index is 5.89. The molecule has 0 spiro atoms. The summed E-state index contributed by atoms with van der Waals surface area (Å²) in [5.74, 6) is 1.78. The van der Waals surface area contributed by atoms with Gasteiger partial charge in [-0.3, -0.25) is 0 Å². The van der Waals surface area contributed by atoms with E-state index in [-0.39, 0.29) is 0 Å². The van der Waals surface area contributed by atoms with Crippen LogP contribution in [0.3, 0.4) is 0 Å². The van der Waals surface area contributed by atoms with Gasteiger partial charge in [-0.25, -0.2) is 0 Å². The molecule has 0 saturated carbocycles. The van der Waals surface area contributed by atoms with E-state index in [1.807, 2.05) is 6.07 Å². The molecule has 0 fully saturated rings. The Morgan fingerprint density at radius 2 is 2.11 bits per heavy atom. The lowest BCUT2D eigenvalue weighted by atomic mass is 9.99. The van der Waals surface area contributed by atoms with Crippen LogP contribution in [0.15, 0.2) is 27.2 Å². The molecule has 2 aromatic rings. The van der Waals surface area contributed by atoms with Crippen molar-refractivity contribution in [2.75, 3.05) is 5.73 Å². The first-order valence-electron chi connectivity index (χ1n) is 5.99. The molecule has 3 nitrogen and oxygen atoms in total. The molecule has 0 atom stereocenters. The molecule has 0 saturated heterocycles. The minimum absolute atomic E-state index is 0.493. The second kappa shape index (κ2) is 5.14. The fourth-order valence-electron chi connectivity index (χ4n) is 1.95. The van der Waals surface area contributed by atoms with Crippen LogP contribution < -0.4 is 5.73 Å². The Hall–Kier alpha value is -1.29. The molecule has 0 bridgehead atoms. The second-order valence-corrected chi connectivity index (χ2v) is 5.81. The molecule has 2 rings (SSSR count). The lowest BCUT2D eigenvalue weighted by Crippen LogP contribution is -1.99.